The molecule has 1 aromatic carbocycles. The molecule has 3 aromatic rings. The van der Waals surface area contributed by atoms with Crippen molar-refractivity contribution in [3.8, 4) is 17.5 Å². The molecule has 7 nitrogen and oxygen atoms in total. The molecule has 0 saturated heterocycles. The first-order valence-electron chi connectivity index (χ1n) is 10.1. The number of nitriles is 1. The number of anilines is 1. The van der Waals surface area contributed by atoms with Crippen molar-refractivity contribution in [2.75, 3.05) is 24.8 Å². The molecule has 4 rings (SSSR count). The molecule has 0 fully saturated rings. The fourth-order valence-electron chi connectivity index (χ4n) is 3.68. The minimum Gasteiger partial charge on any atom is -0.383 e. The first-order valence-corrected chi connectivity index (χ1v) is 11.9. The number of aryl methyl sites for hydroxylation is 2. The number of nitrogens with one attached hydrogen (secondary N) is 1. The minimum atomic E-state index is -0.153. The lowest BCUT2D eigenvalue weighted by Crippen LogP contribution is -2.15. The van der Waals surface area contributed by atoms with Gasteiger partial charge in [-0.3, -0.25) is 9.36 Å². The van der Waals surface area contributed by atoms with Gasteiger partial charge >= 0.3 is 0 Å². The van der Waals surface area contributed by atoms with Gasteiger partial charge in [-0.2, -0.15) is 5.26 Å². The van der Waals surface area contributed by atoms with Crippen molar-refractivity contribution in [1.29, 1.82) is 5.26 Å². The molecule has 2 aromatic heterocycles. The number of aromatic nitrogens is 3. The van der Waals surface area contributed by atoms with Gasteiger partial charge in [-0.1, -0.05) is 35.5 Å². The summed E-state index contributed by atoms with van der Waals surface area (Å²) in [7, 11) is 1.65. The van der Waals surface area contributed by atoms with E-state index in [9.17, 15) is 10.1 Å². The Labute approximate surface area is 189 Å². The number of carbonyl (C=O) groups excluding carboxylic acids is 1. The van der Waals surface area contributed by atoms with E-state index < -0.39 is 0 Å². The third-order valence-corrected chi connectivity index (χ3v) is 7.30. The summed E-state index contributed by atoms with van der Waals surface area (Å²) in [5.41, 5.74) is 3.86. The molecule has 1 N–H and O–H groups in total. The number of hydrogen-bond donors (Lipinski definition) is 1. The number of fused-ring (bicyclic) bond motifs is 1. The minimum absolute atomic E-state index is 0.153. The van der Waals surface area contributed by atoms with Crippen LogP contribution in [0, 0.1) is 18.3 Å². The Balaban J connectivity index is 1.48. The van der Waals surface area contributed by atoms with Gasteiger partial charge in [0.1, 0.15) is 11.1 Å². The zero-order chi connectivity index (χ0) is 21.8. The monoisotopic (exact) mass is 453 g/mol. The van der Waals surface area contributed by atoms with E-state index >= 15 is 0 Å². The zero-order valence-electron chi connectivity index (χ0n) is 17.5. The van der Waals surface area contributed by atoms with E-state index in [1.165, 1.54) is 28.0 Å². The molecule has 0 saturated carbocycles. The van der Waals surface area contributed by atoms with Gasteiger partial charge in [-0.15, -0.1) is 21.5 Å². The molecule has 0 unspecified atom stereocenters. The second-order valence-corrected chi connectivity index (χ2v) is 9.38. The number of thiophene rings is 1. The molecule has 0 atom stereocenters. The second kappa shape index (κ2) is 9.64. The Morgan fingerprint density at radius 2 is 2.26 bits per heavy atom. The van der Waals surface area contributed by atoms with Crippen LogP contribution in [0.2, 0.25) is 0 Å². The second-order valence-electron chi connectivity index (χ2n) is 7.33. The number of methoxy groups -OCH3 is 1. The van der Waals surface area contributed by atoms with Gasteiger partial charge in [0.05, 0.1) is 24.5 Å². The molecule has 0 radical (unpaired) electrons. The van der Waals surface area contributed by atoms with Crippen LogP contribution in [-0.4, -0.2) is 40.1 Å². The summed E-state index contributed by atoms with van der Waals surface area (Å²) >= 11 is 2.86. The van der Waals surface area contributed by atoms with Crippen molar-refractivity contribution in [2.24, 2.45) is 0 Å². The van der Waals surface area contributed by atoms with E-state index in [-0.39, 0.29) is 11.7 Å². The van der Waals surface area contributed by atoms with E-state index in [1.807, 2.05) is 29.7 Å². The highest BCUT2D eigenvalue weighted by Gasteiger charge is 2.23. The van der Waals surface area contributed by atoms with Crippen molar-refractivity contribution in [2.45, 2.75) is 37.9 Å². The van der Waals surface area contributed by atoms with Crippen molar-refractivity contribution < 1.29 is 9.53 Å². The Morgan fingerprint density at radius 3 is 3.03 bits per heavy atom. The molecule has 1 aliphatic rings. The number of amides is 1. The van der Waals surface area contributed by atoms with E-state index in [4.69, 9.17) is 4.74 Å². The van der Waals surface area contributed by atoms with Crippen LogP contribution in [0.25, 0.3) is 11.4 Å². The summed E-state index contributed by atoms with van der Waals surface area (Å²) in [5.74, 6) is 0.789. The number of carbonyl (C=O) groups is 1. The summed E-state index contributed by atoms with van der Waals surface area (Å²) in [4.78, 5) is 13.8. The van der Waals surface area contributed by atoms with Crippen LogP contribution in [0.5, 0.6) is 0 Å². The third-order valence-electron chi connectivity index (χ3n) is 5.13. The van der Waals surface area contributed by atoms with Gasteiger partial charge in [0.25, 0.3) is 0 Å². The van der Waals surface area contributed by atoms with Crippen molar-refractivity contribution in [3.05, 3.63) is 45.8 Å². The molecule has 160 valence electrons. The van der Waals surface area contributed by atoms with Crippen LogP contribution in [0.3, 0.4) is 0 Å². The van der Waals surface area contributed by atoms with Crippen LogP contribution < -0.4 is 5.32 Å². The maximum absolute atomic E-state index is 12.6. The molecule has 0 spiro atoms. The summed E-state index contributed by atoms with van der Waals surface area (Å²) in [6.45, 7) is 3.14. The lowest BCUT2D eigenvalue weighted by molar-refractivity contribution is -0.113. The van der Waals surface area contributed by atoms with Crippen LogP contribution >= 0.6 is 23.1 Å². The molecule has 9 heteroatoms. The summed E-state index contributed by atoms with van der Waals surface area (Å²) in [6, 6.07) is 10.4. The lowest BCUT2D eigenvalue weighted by Gasteiger charge is -2.10. The van der Waals surface area contributed by atoms with Crippen LogP contribution in [-0.2, 0) is 28.9 Å². The maximum atomic E-state index is 12.6. The van der Waals surface area contributed by atoms with Gasteiger partial charge < -0.3 is 10.1 Å². The third kappa shape index (κ3) is 4.66. The summed E-state index contributed by atoms with van der Waals surface area (Å²) in [6.07, 6.45) is 2.99. The van der Waals surface area contributed by atoms with Gasteiger partial charge in [0, 0.05) is 17.6 Å². The predicted molar refractivity (Wildman–Crippen MR) is 122 cm³/mol. The molecular weight excluding hydrogens is 430 g/mol. The van der Waals surface area contributed by atoms with Gasteiger partial charge in [-0.25, -0.2) is 0 Å². The molecule has 1 aliphatic carbocycles. The number of thioether (sulfide) groups is 1. The number of benzene rings is 1. The van der Waals surface area contributed by atoms with E-state index in [0.29, 0.717) is 28.9 Å². The van der Waals surface area contributed by atoms with Gasteiger partial charge in [0.15, 0.2) is 11.0 Å². The van der Waals surface area contributed by atoms with E-state index in [1.54, 1.807) is 7.11 Å². The average Bonchev–Trinajstić information content (AvgIpc) is 3.45. The first-order chi connectivity index (χ1) is 15.1. The predicted octanol–water partition coefficient (Wildman–Crippen LogP) is 4.05. The molecule has 31 heavy (non-hydrogen) atoms. The Hall–Kier alpha value is -2.67. The maximum Gasteiger partial charge on any atom is 0.235 e. The lowest BCUT2D eigenvalue weighted by atomic mass is 10.1. The fourth-order valence-corrected chi connectivity index (χ4v) is 5.70. The smallest absolute Gasteiger partial charge is 0.235 e. The van der Waals surface area contributed by atoms with E-state index in [2.05, 4.69) is 27.6 Å². The summed E-state index contributed by atoms with van der Waals surface area (Å²) in [5, 5.41) is 22.4. The van der Waals surface area contributed by atoms with Crippen molar-refractivity contribution in [1.82, 2.24) is 14.8 Å². The van der Waals surface area contributed by atoms with Gasteiger partial charge in [-0.05, 0) is 37.8 Å². The average molecular weight is 454 g/mol. The Kier molecular flexibility index (Phi) is 6.70. The molecule has 1 amide bonds. The highest BCUT2D eigenvalue weighted by Crippen LogP contribution is 2.38. The fraction of sp³-hybridized carbons (Fsp3) is 0.364. The normalized spacial score (nSPS) is 12.5. The number of ether oxygens (including phenoxy) is 1. The van der Waals surface area contributed by atoms with Gasteiger partial charge in [0.2, 0.25) is 5.91 Å². The molecule has 0 bridgehead atoms. The highest BCUT2D eigenvalue weighted by atomic mass is 32.2. The highest BCUT2D eigenvalue weighted by molar-refractivity contribution is 7.99. The number of hydrogen-bond acceptors (Lipinski definition) is 7. The first kappa shape index (κ1) is 21.6. The van der Waals surface area contributed by atoms with Crippen molar-refractivity contribution >= 4 is 34.0 Å². The van der Waals surface area contributed by atoms with Crippen LogP contribution in [0.1, 0.15) is 28.0 Å². The van der Waals surface area contributed by atoms with Crippen LogP contribution in [0.15, 0.2) is 29.4 Å². The quantitative estimate of drug-likeness (QED) is 0.517. The topological polar surface area (TPSA) is 92.8 Å². The van der Waals surface area contributed by atoms with Crippen molar-refractivity contribution in [3.63, 3.8) is 0 Å². The number of rotatable bonds is 8. The number of nitrogens with zero attached hydrogens (tertiary/aromatic N) is 4. The molecule has 0 aliphatic heterocycles. The zero-order valence-corrected chi connectivity index (χ0v) is 19.1. The molecule has 2 heterocycles. The molecular formula is C22H23N5O2S2. The standard InChI is InChI=1S/C22H23N5O2S2/c1-14-5-3-6-15(11-14)20-25-26-22(27(20)9-10-29-2)30-13-19(28)24-21-17(12-23)16-7-4-8-18(16)31-21/h3,5-6,11H,4,7-10,13H2,1-2H3,(H,24,28). The largest absolute Gasteiger partial charge is 0.383 e. The SMILES string of the molecule is COCCn1c(SCC(=O)Nc2sc3c(c2C#N)CCC3)nnc1-c1cccc(C)c1. The Morgan fingerprint density at radius 1 is 1.39 bits per heavy atom. The Bertz CT molecular complexity index is 1150. The van der Waals surface area contributed by atoms with E-state index in [0.717, 1.165) is 41.8 Å². The summed E-state index contributed by atoms with van der Waals surface area (Å²) < 4.78 is 7.23. The van der Waals surface area contributed by atoms with Crippen LogP contribution in [0.4, 0.5) is 5.00 Å².